The van der Waals surface area contributed by atoms with Crippen molar-refractivity contribution in [2.45, 2.75) is 12.2 Å². The highest BCUT2D eigenvalue weighted by atomic mass is 16.6. The zero-order valence-corrected chi connectivity index (χ0v) is 21.6. The summed E-state index contributed by atoms with van der Waals surface area (Å²) in [6.45, 7) is 10.2. The lowest BCUT2D eigenvalue weighted by Gasteiger charge is -2.27. The smallest absolute Gasteiger partial charge is 0.109 e. The third-order valence-electron chi connectivity index (χ3n) is 5.07. The van der Waals surface area contributed by atoms with Gasteiger partial charge in [-0.3, -0.25) is 0 Å². The molecule has 0 saturated carbocycles. The van der Waals surface area contributed by atoms with E-state index in [-0.39, 0.29) is 12.2 Å². The summed E-state index contributed by atoms with van der Waals surface area (Å²) in [4.78, 5) is 0. The summed E-state index contributed by atoms with van der Waals surface area (Å²) >= 11 is 0. The molecule has 12 heteroatoms. The number of hydrogen-bond donors (Lipinski definition) is 0. The third kappa shape index (κ3) is 18.7. The van der Waals surface area contributed by atoms with Crippen LogP contribution in [0, 0.1) is 0 Å². The molecule has 36 heavy (non-hydrogen) atoms. The first kappa shape index (κ1) is 31.7. The second-order valence-electron chi connectivity index (χ2n) is 7.87. The van der Waals surface area contributed by atoms with Crippen LogP contribution in [-0.4, -0.2) is 158 Å². The molecule has 2 atom stereocenters. The highest BCUT2D eigenvalue weighted by Crippen LogP contribution is 2.08. The van der Waals surface area contributed by atoms with Gasteiger partial charge in [-0.05, 0) is 0 Å². The minimum absolute atomic E-state index is 0.333. The number of fused-ring (bicyclic) bond motifs is 1. The van der Waals surface area contributed by atoms with Crippen molar-refractivity contribution in [3.05, 3.63) is 0 Å². The molecule has 2 heterocycles. The maximum Gasteiger partial charge on any atom is 0.109 e. The molecule has 0 spiro atoms. The third-order valence-corrected chi connectivity index (χ3v) is 5.07. The van der Waals surface area contributed by atoms with E-state index in [9.17, 15) is 0 Å². The van der Waals surface area contributed by atoms with E-state index in [1.165, 1.54) is 0 Å². The Labute approximate surface area is 214 Å². The molecule has 2 rings (SSSR count). The number of rotatable bonds is 0. The SMILES string of the molecule is C1COCCOCCOC[C@H]2OCCOCCOCCOCCOCCO[C@@H]2COCCOCCO1. The zero-order valence-electron chi connectivity index (χ0n) is 21.6. The van der Waals surface area contributed by atoms with Gasteiger partial charge in [0.1, 0.15) is 12.2 Å². The molecule has 0 aromatic carbocycles. The molecule has 214 valence electrons. The molecule has 0 aromatic rings. The van der Waals surface area contributed by atoms with Gasteiger partial charge in [0, 0.05) is 0 Å². The molecule has 2 saturated heterocycles. The Morgan fingerprint density at radius 2 is 0.417 bits per heavy atom. The van der Waals surface area contributed by atoms with Gasteiger partial charge in [0.05, 0.1) is 145 Å². The van der Waals surface area contributed by atoms with Gasteiger partial charge in [-0.1, -0.05) is 0 Å². The van der Waals surface area contributed by atoms with Crippen LogP contribution in [0.5, 0.6) is 0 Å². The normalized spacial score (nSPS) is 28.7. The van der Waals surface area contributed by atoms with Crippen LogP contribution in [0.4, 0.5) is 0 Å². The van der Waals surface area contributed by atoms with Crippen molar-refractivity contribution in [3.8, 4) is 0 Å². The van der Waals surface area contributed by atoms with E-state index in [0.29, 0.717) is 145 Å². The Bertz CT molecular complexity index is 419. The highest BCUT2D eigenvalue weighted by Gasteiger charge is 2.24. The van der Waals surface area contributed by atoms with Gasteiger partial charge in [0.2, 0.25) is 0 Å². The molecular weight excluding hydrogens is 480 g/mol. The number of hydrogen-bond acceptors (Lipinski definition) is 12. The minimum atomic E-state index is -0.352. The molecule has 12 nitrogen and oxygen atoms in total. The summed E-state index contributed by atoms with van der Waals surface area (Å²) in [5, 5.41) is 0. The lowest BCUT2D eigenvalue weighted by Crippen LogP contribution is -2.41. The molecule has 0 unspecified atom stereocenters. The Kier molecular flexibility index (Phi) is 21.9. The zero-order chi connectivity index (χ0) is 25.2. The van der Waals surface area contributed by atoms with Gasteiger partial charge in [-0.15, -0.1) is 0 Å². The first-order chi connectivity index (χ1) is 18.0. The fourth-order valence-electron chi connectivity index (χ4n) is 3.20. The van der Waals surface area contributed by atoms with E-state index in [1.54, 1.807) is 0 Å². The summed E-state index contributed by atoms with van der Waals surface area (Å²) in [6, 6.07) is 0. The van der Waals surface area contributed by atoms with E-state index in [4.69, 9.17) is 56.8 Å². The summed E-state index contributed by atoms with van der Waals surface area (Å²) < 4.78 is 68.1. The molecule has 2 aliphatic heterocycles. The second-order valence-corrected chi connectivity index (χ2v) is 7.87. The lowest BCUT2D eigenvalue weighted by molar-refractivity contribution is -0.144. The van der Waals surface area contributed by atoms with E-state index in [1.807, 2.05) is 0 Å². The Hall–Kier alpha value is -0.480. The molecule has 0 bridgehead atoms. The van der Waals surface area contributed by atoms with E-state index >= 15 is 0 Å². The van der Waals surface area contributed by atoms with Crippen LogP contribution in [0.15, 0.2) is 0 Å². The topological polar surface area (TPSA) is 111 Å². The van der Waals surface area contributed by atoms with Crippen LogP contribution < -0.4 is 0 Å². The van der Waals surface area contributed by atoms with E-state index in [0.717, 1.165) is 0 Å². The quantitative estimate of drug-likeness (QED) is 0.422. The summed E-state index contributed by atoms with van der Waals surface area (Å²) in [5.41, 5.74) is 0. The maximum atomic E-state index is 6.10. The maximum absolute atomic E-state index is 6.10. The van der Waals surface area contributed by atoms with Crippen molar-refractivity contribution >= 4 is 0 Å². The average Bonchev–Trinajstić information content (AvgIpc) is 2.88. The summed E-state index contributed by atoms with van der Waals surface area (Å²) in [7, 11) is 0. The van der Waals surface area contributed by atoms with Crippen LogP contribution in [-0.2, 0) is 56.8 Å². The van der Waals surface area contributed by atoms with Gasteiger partial charge in [0.25, 0.3) is 0 Å². The van der Waals surface area contributed by atoms with Crippen LogP contribution in [0.1, 0.15) is 0 Å². The minimum Gasteiger partial charge on any atom is -0.377 e. The van der Waals surface area contributed by atoms with Crippen molar-refractivity contribution in [3.63, 3.8) is 0 Å². The molecule has 0 amide bonds. The fraction of sp³-hybridized carbons (Fsp3) is 1.00. The van der Waals surface area contributed by atoms with Gasteiger partial charge in [0.15, 0.2) is 0 Å². The van der Waals surface area contributed by atoms with Crippen molar-refractivity contribution in [2.24, 2.45) is 0 Å². The second kappa shape index (κ2) is 24.8. The van der Waals surface area contributed by atoms with E-state index in [2.05, 4.69) is 0 Å². The van der Waals surface area contributed by atoms with Crippen LogP contribution in [0.25, 0.3) is 0 Å². The van der Waals surface area contributed by atoms with Crippen molar-refractivity contribution in [1.29, 1.82) is 0 Å². The van der Waals surface area contributed by atoms with Gasteiger partial charge in [-0.2, -0.15) is 0 Å². The Morgan fingerprint density at radius 1 is 0.222 bits per heavy atom. The average molecular weight is 527 g/mol. The van der Waals surface area contributed by atoms with Crippen molar-refractivity contribution in [2.75, 3.05) is 145 Å². The van der Waals surface area contributed by atoms with Gasteiger partial charge < -0.3 is 56.8 Å². The van der Waals surface area contributed by atoms with Gasteiger partial charge >= 0.3 is 0 Å². The molecule has 0 N–H and O–H groups in total. The molecule has 2 fully saturated rings. The van der Waals surface area contributed by atoms with Crippen LogP contribution >= 0.6 is 0 Å². The van der Waals surface area contributed by atoms with Crippen LogP contribution in [0.2, 0.25) is 0 Å². The largest absolute Gasteiger partial charge is 0.377 e. The lowest BCUT2D eigenvalue weighted by atomic mass is 10.2. The monoisotopic (exact) mass is 526 g/mol. The summed E-state index contributed by atoms with van der Waals surface area (Å²) in [5.74, 6) is 0. The Balaban J connectivity index is 1.86. The molecule has 2 aliphatic rings. The predicted molar refractivity (Wildman–Crippen MR) is 128 cm³/mol. The fourth-order valence-corrected chi connectivity index (χ4v) is 3.20. The molecule has 0 aromatic heterocycles. The van der Waals surface area contributed by atoms with Crippen molar-refractivity contribution in [1.82, 2.24) is 0 Å². The predicted octanol–water partition coefficient (Wildman–Crippen LogP) is -0.0500. The Morgan fingerprint density at radius 3 is 0.667 bits per heavy atom. The number of ether oxygens (including phenoxy) is 12. The summed E-state index contributed by atoms with van der Waals surface area (Å²) in [6.07, 6.45) is -0.703. The highest BCUT2D eigenvalue weighted by molar-refractivity contribution is 4.71. The molecule has 0 radical (unpaired) electrons. The van der Waals surface area contributed by atoms with Crippen LogP contribution in [0.3, 0.4) is 0 Å². The molecule has 0 aliphatic carbocycles. The van der Waals surface area contributed by atoms with Gasteiger partial charge in [-0.25, -0.2) is 0 Å². The molecular formula is C24H46O12. The first-order valence-electron chi connectivity index (χ1n) is 13.0. The van der Waals surface area contributed by atoms with E-state index < -0.39 is 0 Å². The first-order valence-corrected chi connectivity index (χ1v) is 13.0. The van der Waals surface area contributed by atoms with Crippen molar-refractivity contribution < 1.29 is 56.8 Å². The standard InChI is InChI=1S/C24H46O12/c1-2-26-6-8-30-14-16-34-22-24-23(21-33-15-13-29-7-5-25-1)35-19-17-31-11-9-27-3-4-28-10-12-32-18-20-36-24/h23-24H,1-22H2/t23-,24-/m1/s1.